The first kappa shape index (κ1) is 13.6. The number of rotatable bonds is 6. The van der Waals surface area contributed by atoms with Crippen molar-refractivity contribution in [3.63, 3.8) is 0 Å². The number of aryl methyl sites for hydroxylation is 2. The molecule has 1 aromatic rings. The fraction of sp³-hybridized carbons (Fsp3) is 0.625. The zero-order valence-electron chi connectivity index (χ0n) is 11.6. The van der Waals surface area contributed by atoms with Crippen LogP contribution in [0.2, 0.25) is 0 Å². The van der Waals surface area contributed by atoms with Crippen LogP contribution in [0.5, 0.6) is 0 Å². The molecule has 2 rings (SSSR count). The Morgan fingerprint density at radius 2 is 1.89 bits per heavy atom. The molecule has 0 aromatic heterocycles. The second-order valence-corrected chi connectivity index (χ2v) is 5.69. The fourth-order valence-corrected chi connectivity index (χ4v) is 2.56. The zero-order valence-corrected chi connectivity index (χ0v) is 11.6. The third-order valence-electron chi connectivity index (χ3n) is 3.86. The molecule has 0 aliphatic heterocycles. The van der Waals surface area contributed by atoms with Crippen LogP contribution in [0.4, 0.5) is 0 Å². The van der Waals surface area contributed by atoms with Crippen LogP contribution in [-0.4, -0.2) is 13.2 Å². The Bertz CT molecular complexity index is 364. The van der Waals surface area contributed by atoms with Crippen LogP contribution >= 0.6 is 0 Å². The van der Waals surface area contributed by atoms with Gasteiger partial charge in [0.2, 0.25) is 0 Å². The summed E-state index contributed by atoms with van der Waals surface area (Å²) in [4.78, 5) is 0. The highest BCUT2D eigenvalue weighted by Crippen LogP contribution is 2.29. The van der Waals surface area contributed by atoms with Gasteiger partial charge in [0.1, 0.15) is 0 Å². The topological polar surface area (TPSA) is 35.2 Å². The van der Waals surface area contributed by atoms with Crippen molar-refractivity contribution in [1.82, 2.24) is 0 Å². The molecule has 0 amide bonds. The summed E-state index contributed by atoms with van der Waals surface area (Å²) in [7, 11) is 0. The molecule has 1 aliphatic carbocycles. The maximum Gasteiger partial charge on any atom is 0.0659 e. The molecule has 1 fully saturated rings. The molecule has 1 aliphatic rings. The molecule has 0 heterocycles. The molecule has 1 unspecified atom stereocenters. The third-order valence-corrected chi connectivity index (χ3v) is 3.86. The molecule has 1 aromatic carbocycles. The quantitative estimate of drug-likeness (QED) is 0.781. The average molecular weight is 247 g/mol. The highest BCUT2D eigenvalue weighted by Gasteiger charge is 2.16. The highest BCUT2D eigenvalue weighted by atomic mass is 16.5. The summed E-state index contributed by atoms with van der Waals surface area (Å²) in [5, 5.41) is 0. The normalized spacial score (nSPS) is 17.5. The Labute approximate surface area is 111 Å². The lowest BCUT2D eigenvalue weighted by molar-refractivity contribution is 0.0962. The fourth-order valence-electron chi connectivity index (χ4n) is 2.56. The van der Waals surface area contributed by atoms with Gasteiger partial charge in [0.15, 0.2) is 0 Å². The first-order valence-electron chi connectivity index (χ1n) is 7.06. The summed E-state index contributed by atoms with van der Waals surface area (Å²) in [5.74, 6) is 0.919. The molecule has 0 spiro atoms. The minimum absolute atomic E-state index is 0.00462. The van der Waals surface area contributed by atoms with Crippen molar-refractivity contribution in [1.29, 1.82) is 0 Å². The van der Waals surface area contributed by atoms with Crippen molar-refractivity contribution in [3.05, 3.63) is 34.9 Å². The van der Waals surface area contributed by atoms with Gasteiger partial charge in [-0.3, -0.25) is 0 Å². The van der Waals surface area contributed by atoms with Crippen LogP contribution < -0.4 is 5.73 Å². The minimum Gasteiger partial charge on any atom is -0.379 e. The van der Waals surface area contributed by atoms with Crippen molar-refractivity contribution in [2.45, 2.75) is 45.6 Å². The molecule has 100 valence electrons. The number of hydrogen-bond donors (Lipinski definition) is 1. The van der Waals surface area contributed by atoms with E-state index < -0.39 is 0 Å². The van der Waals surface area contributed by atoms with E-state index in [1.165, 1.54) is 42.4 Å². The Hall–Kier alpha value is -0.860. The average Bonchev–Trinajstić information content (AvgIpc) is 2.24. The molecule has 0 bridgehead atoms. The van der Waals surface area contributed by atoms with Gasteiger partial charge in [-0.15, -0.1) is 0 Å². The molecule has 18 heavy (non-hydrogen) atoms. The number of nitrogens with two attached hydrogens (primary N) is 1. The van der Waals surface area contributed by atoms with Gasteiger partial charge in [0, 0.05) is 6.61 Å². The maximum atomic E-state index is 6.17. The summed E-state index contributed by atoms with van der Waals surface area (Å²) in [6.45, 7) is 5.72. The lowest BCUT2D eigenvalue weighted by Gasteiger charge is -2.25. The van der Waals surface area contributed by atoms with Gasteiger partial charge in [-0.1, -0.05) is 48.6 Å². The second kappa shape index (κ2) is 6.35. The summed E-state index contributed by atoms with van der Waals surface area (Å²) < 4.78 is 5.71. The van der Waals surface area contributed by atoms with Gasteiger partial charge in [0.05, 0.1) is 12.6 Å². The largest absolute Gasteiger partial charge is 0.379 e. The molecule has 2 heteroatoms. The summed E-state index contributed by atoms with van der Waals surface area (Å²) in [6, 6.07) is 6.50. The van der Waals surface area contributed by atoms with Crippen LogP contribution in [0.1, 0.15) is 48.4 Å². The monoisotopic (exact) mass is 247 g/mol. The summed E-state index contributed by atoms with van der Waals surface area (Å²) in [6.07, 6.45) is 5.41. The van der Waals surface area contributed by atoms with E-state index in [2.05, 4.69) is 32.0 Å². The molecule has 0 saturated heterocycles. The number of benzene rings is 1. The van der Waals surface area contributed by atoms with Crippen LogP contribution in [0.15, 0.2) is 18.2 Å². The molecule has 2 nitrogen and oxygen atoms in total. The Balaban J connectivity index is 1.74. The minimum atomic E-state index is 0.00462. The van der Waals surface area contributed by atoms with Gasteiger partial charge in [-0.05, 0) is 31.7 Å². The zero-order chi connectivity index (χ0) is 13.0. The lowest BCUT2D eigenvalue weighted by Crippen LogP contribution is -2.19. The van der Waals surface area contributed by atoms with Gasteiger partial charge >= 0.3 is 0 Å². The van der Waals surface area contributed by atoms with Gasteiger partial charge in [-0.25, -0.2) is 0 Å². The number of hydrogen-bond acceptors (Lipinski definition) is 2. The predicted molar refractivity (Wildman–Crippen MR) is 75.6 cm³/mol. The molecular formula is C16H25NO. The van der Waals surface area contributed by atoms with E-state index in [1.807, 2.05) is 0 Å². The van der Waals surface area contributed by atoms with E-state index in [9.17, 15) is 0 Å². The molecule has 1 atom stereocenters. The van der Waals surface area contributed by atoms with E-state index in [1.54, 1.807) is 0 Å². The van der Waals surface area contributed by atoms with Gasteiger partial charge in [-0.2, -0.15) is 0 Å². The SMILES string of the molecule is Cc1cc(C)cc(C(N)COCCC2CCC2)c1. The van der Waals surface area contributed by atoms with Crippen molar-refractivity contribution in [2.75, 3.05) is 13.2 Å². The Morgan fingerprint density at radius 1 is 1.22 bits per heavy atom. The van der Waals surface area contributed by atoms with E-state index in [4.69, 9.17) is 10.5 Å². The van der Waals surface area contributed by atoms with E-state index >= 15 is 0 Å². The van der Waals surface area contributed by atoms with Crippen LogP contribution in [0.3, 0.4) is 0 Å². The van der Waals surface area contributed by atoms with Crippen molar-refractivity contribution in [2.24, 2.45) is 11.7 Å². The molecular weight excluding hydrogens is 222 g/mol. The standard InChI is InChI=1S/C16H25NO/c1-12-8-13(2)10-15(9-12)16(17)11-18-7-6-14-4-3-5-14/h8-10,14,16H,3-7,11,17H2,1-2H3. The van der Waals surface area contributed by atoms with E-state index in [0.717, 1.165) is 12.5 Å². The van der Waals surface area contributed by atoms with Crippen LogP contribution in [0, 0.1) is 19.8 Å². The smallest absolute Gasteiger partial charge is 0.0659 e. The maximum absolute atomic E-state index is 6.17. The number of ether oxygens (including phenoxy) is 1. The Morgan fingerprint density at radius 3 is 2.44 bits per heavy atom. The van der Waals surface area contributed by atoms with Gasteiger partial charge in [0.25, 0.3) is 0 Å². The first-order chi connectivity index (χ1) is 8.65. The van der Waals surface area contributed by atoms with Crippen LogP contribution in [-0.2, 0) is 4.74 Å². The van der Waals surface area contributed by atoms with Crippen molar-refractivity contribution < 1.29 is 4.74 Å². The lowest BCUT2D eigenvalue weighted by atomic mass is 9.83. The molecule has 1 saturated carbocycles. The summed E-state index contributed by atoms with van der Waals surface area (Å²) in [5.41, 5.74) is 9.91. The van der Waals surface area contributed by atoms with Crippen molar-refractivity contribution in [3.8, 4) is 0 Å². The second-order valence-electron chi connectivity index (χ2n) is 5.69. The summed E-state index contributed by atoms with van der Waals surface area (Å²) >= 11 is 0. The van der Waals surface area contributed by atoms with E-state index in [-0.39, 0.29) is 6.04 Å². The Kier molecular flexibility index (Phi) is 4.79. The predicted octanol–water partition coefficient (Wildman–Crippen LogP) is 3.51. The first-order valence-corrected chi connectivity index (χ1v) is 7.06. The van der Waals surface area contributed by atoms with E-state index in [0.29, 0.717) is 6.61 Å². The highest BCUT2D eigenvalue weighted by molar-refractivity contribution is 5.30. The third kappa shape index (κ3) is 3.82. The molecule has 2 N–H and O–H groups in total. The molecule has 0 radical (unpaired) electrons. The van der Waals surface area contributed by atoms with Gasteiger partial charge < -0.3 is 10.5 Å². The van der Waals surface area contributed by atoms with Crippen molar-refractivity contribution >= 4 is 0 Å². The van der Waals surface area contributed by atoms with Crippen LogP contribution in [0.25, 0.3) is 0 Å².